The molecule has 2 N–H and O–H groups in total. The van der Waals surface area contributed by atoms with Crippen molar-refractivity contribution in [3.63, 3.8) is 0 Å². The van der Waals surface area contributed by atoms with Gasteiger partial charge in [-0.2, -0.15) is 0 Å². The van der Waals surface area contributed by atoms with Crippen LogP contribution < -0.4 is 10.6 Å². The van der Waals surface area contributed by atoms with E-state index in [1.165, 1.54) is 11.3 Å². The highest BCUT2D eigenvalue weighted by Gasteiger charge is 2.33. The molecule has 156 valence electrons. The maximum atomic E-state index is 13.0. The van der Waals surface area contributed by atoms with Gasteiger partial charge in [0, 0.05) is 24.2 Å². The monoisotopic (exact) mass is 454 g/mol. The summed E-state index contributed by atoms with van der Waals surface area (Å²) in [6.45, 7) is 5.25. The van der Waals surface area contributed by atoms with Crippen LogP contribution in [0, 0.1) is 5.92 Å². The number of hydrogen-bond donors (Lipinski definition) is 2. The number of carbonyl (C=O) groups is 2. The number of likely N-dealkylation sites (tertiary alicyclic amines) is 1. The Balaban J connectivity index is 1.70. The summed E-state index contributed by atoms with van der Waals surface area (Å²) < 4.78 is 0. The first-order chi connectivity index (χ1) is 13.8. The average Bonchev–Trinajstić information content (AvgIpc) is 3.17. The molecular formula is C20H24Cl2N4O2S. The second-order valence-electron chi connectivity index (χ2n) is 7.44. The number of halogens is 2. The molecule has 1 aromatic heterocycles. The topological polar surface area (TPSA) is 74.3 Å². The Morgan fingerprint density at radius 1 is 1.28 bits per heavy atom. The highest BCUT2D eigenvalue weighted by atomic mass is 35.5. The SMILES string of the molecule is CC(C)CNC(=O)[C@H]1CCCCN1C(=O)c1csc(Nc2ccc(Cl)c(Cl)c2)n1. The highest BCUT2D eigenvalue weighted by molar-refractivity contribution is 7.14. The smallest absolute Gasteiger partial charge is 0.274 e. The Bertz CT molecular complexity index is 887. The van der Waals surface area contributed by atoms with Crippen molar-refractivity contribution in [2.24, 2.45) is 5.92 Å². The minimum absolute atomic E-state index is 0.0869. The van der Waals surface area contributed by atoms with Crippen molar-refractivity contribution in [2.45, 2.75) is 39.2 Å². The van der Waals surface area contributed by atoms with Crippen LogP contribution in [-0.2, 0) is 4.79 Å². The first kappa shape index (κ1) is 21.9. The third-order valence-corrected chi connectivity index (χ3v) is 6.14. The molecule has 1 aromatic carbocycles. The van der Waals surface area contributed by atoms with E-state index in [0.717, 1.165) is 18.5 Å². The summed E-state index contributed by atoms with van der Waals surface area (Å²) in [5, 5.41) is 9.27. The van der Waals surface area contributed by atoms with E-state index in [2.05, 4.69) is 15.6 Å². The van der Waals surface area contributed by atoms with Gasteiger partial charge in [-0.1, -0.05) is 37.0 Å². The van der Waals surface area contributed by atoms with Gasteiger partial charge in [-0.05, 0) is 43.4 Å². The first-order valence-electron chi connectivity index (χ1n) is 9.61. The summed E-state index contributed by atoms with van der Waals surface area (Å²) in [6.07, 6.45) is 2.50. The summed E-state index contributed by atoms with van der Waals surface area (Å²) in [7, 11) is 0. The summed E-state index contributed by atoms with van der Waals surface area (Å²) in [5.74, 6) is 0.0594. The predicted octanol–water partition coefficient (Wildman–Crippen LogP) is 4.96. The molecule has 0 bridgehead atoms. The molecule has 3 rings (SSSR count). The minimum atomic E-state index is -0.441. The van der Waals surface area contributed by atoms with Crippen molar-refractivity contribution in [1.82, 2.24) is 15.2 Å². The van der Waals surface area contributed by atoms with Crippen molar-refractivity contribution in [3.8, 4) is 0 Å². The number of thiazole rings is 1. The van der Waals surface area contributed by atoms with Gasteiger partial charge >= 0.3 is 0 Å². The number of carbonyl (C=O) groups excluding carboxylic acids is 2. The maximum absolute atomic E-state index is 13.0. The Kier molecular flexibility index (Phi) is 7.38. The van der Waals surface area contributed by atoms with Gasteiger partial charge in [-0.15, -0.1) is 11.3 Å². The van der Waals surface area contributed by atoms with Gasteiger partial charge in [0.25, 0.3) is 5.91 Å². The van der Waals surface area contributed by atoms with Gasteiger partial charge in [-0.25, -0.2) is 4.98 Å². The largest absolute Gasteiger partial charge is 0.354 e. The molecule has 6 nitrogen and oxygen atoms in total. The molecular weight excluding hydrogens is 431 g/mol. The minimum Gasteiger partial charge on any atom is -0.354 e. The summed E-state index contributed by atoms with van der Waals surface area (Å²) in [4.78, 5) is 31.7. The molecule has 1 aliphatic rings. The molecule has 0 aliphatic carbocycles. The van der Waals surface area contributed by atoms with Crippen LogP contribution in [-0.4, -0.2) is 40.8 Å². The van der Waals surface area contributed by atoms with Gasteiger partial charge in [0.2, 0.25) is 5.91 Å². The third-order valence-electron chi connectivity index (χ3n) is 4.65. The number of amides is 2. The van der Waals surface area contributed by atoms with E-state index >= 15 is 0 Å². The van der Waals surface area contributed by atoms with Crippen molar-refractivity contribution in [1.29, 1.82) is 0 Å². The Hall–Kier alpha value is -1.83. The molecule has 1 fully saturated rings. The number of nitrogens with zero attached hydrogens (tertiary/aromatic N) is 2. The predicted molar refractivity (Wildman–Crippen MR) is 118 cm³/mol. The molecule has 2 aromatic rings. The van der Waals surface area contributed by atoms with Crippen LogP contribution in [0.2, 0.25) is 10.0 Å². The number of benzene rings is 1. The number of aromatic nitrogens is 1. The van der Waals surface area contributed by atoms with Crippen LogP contribution >= 0.6 is 34.5 Å². The molecule has 1 aliphatic heterocycles. The number of nitrogens with one attached hydrogen (secondary N) is 2. The molecule has 29 heavy (non-hydrogen) atoms. The number of piperidine rings is 1. The number of anilines is 2. The lowest BCUT2D eigenvalue weighted by Gasteiger charge is -2.34. The van der Waals surface area contributed by atoms with Crippen molar-refractivity contribution in [2.75, 3.05) is 18.4 Å². The average molecular weight is 455 g/mol. The molecule has 0 radical (unpaired) electrons. The molecule has 1 atom stereocenters. The lowest BCUT2D eigenvalue weighted by atomic mass is 10.0. The lowest BCUT2D eigenvalue weighted by molar-refractivity contribution is -0.126. The third kappa shape index (κ3) is 5.62. The van der Waals surface area contributed by atoms with Crippen molar-refractivity contribution in [3.05, 3.63) is 39.3 Å². The van der Waals surface area contributed by atoms with Crippen LogP contribution in [0.1, 0.15) is 43.6 Å². The van der Waals surface area contributed by atoms with E-state index in [0.29, 0.717) is 46.3 Å². The van der Waals surface area contributed by atoms with E-state index in [4.69, 9.17) is 23.2 Å². The van der Waals surface area contributed by atoms with Gasteiger partial charge in [0.15, 0.2) is 5.13 Å². The fourth-order valence-electron chi connectivity index (χ4n) is 3.14. The maximum Gasteiger partial charge on any atom is 0.274 e. The van der Waals surface area contributed by atoms with Gasteiger partial charge in [-0.3, -0.25) is 9.59 Å². The zero-order valence-corrected chi connectivity index (χ0v) is 18.7. The van der Waals surface area contributed by atoms with Gasteiger partial charge in [0.05, 0.1) is 10.0 Å². The first-order valence-corrected chi connectivity index (χ1v) is 11.2. The Labute approximate surface area is 184 Å². The van der Waals surface area contributed by atoms with Crippen LogP contribution in [0.15, 0.2) is 23.6 Å². The molecule has 0 unspecified atom stereocenters. The molecule has 2 amide bonds. The summed E-state index contributed by atoms with van der Waals surface area (Å²) in [6, 6.07) is 4.74. The zero-order chi connectivity index (χ0) is 21.0. The highest BCUT2D eigenvalue weighted by Crippen LogP contribution is 2.29. The lowest BCUT2D eigenvalue weighted by Crippen LogP contribution is -2.52. The van der Waals surface area contributed by atoms with Crippen LogP contribution in [0.3, 0.4) is 0 Å². The van der Waals surface area contributed by atoms with Gasteiger partial charge in [0.1, 0.15) is 11.7 Å². The van der Waals surface area contributed by atoms with E-state index in [9.17, 15) is 9.59 Å². The standard InChI is InChI=1S/C20H24Cl2N4O2S/c1-12(2)10-23-18(27)17-5-3-4-8-26(17)19(28)16-11-29-20(25-16)24-13-6-7-14(21)15(22)9-13/h6-7,9,11-12,17H,3-5,8,10H2,1-2H3,(H,23,27)(H,24,25)/t17-/m1/s1. The summed E-state index contributed by atoms with van der Waals surface area (Å²) in [5.41, 5.74) is 1.07. The van der Waals surface area contributed by atoms with Crippen LogP contribution in [0.4, 0.5) is 10.8 Å². The van der Waals surface area contributed by atoms with E-state index in [1.54, 1.807) is 28.5 Å². The normalized spacial score (nSPS) is 16.7. The van der Waals surface area contributed by atoms with E-state index in [-0.39, 0.29) is 11.8 Å². The second-order valence-corrected chi connectivity index (χ2v) is 9.11. The Morgan fingerprint density at radius 3 is 2.79 bits per heavy atom. The van der Waals surface area contributed by atoms with Crippen LogP contribution in [0.25, 0.3) is 0 Å². The Morgan fingerprint density at radius 2 is 2.07 bits per heavy atom. The molecule has 1 saturated heterocycles. The molecule has 0 saturated carbocycles. The van der Waals surface area contributed by atoms with E-state index < -0.39 is 6.04 Å². The fourth-order valence-corrected chi connectivity index (χ4v) is 4.15. The van der Waals surface area contributed by atoms with Crippen molar-refractivity contribution < 1.29 is 9.59 Å². The van der Waals surface area contributed by atoms with Gasteiger partial charge < -0.3 is 15.5 Å². The molecule has 2 heterocycles. The summed E-state index contributed by atoms with van der Waals surface area (Å²) >= 11 is 13.3. The number of hydrogen-bond acceptors (Lipinski definition) is 5. The molecule has 0 spiro atoms. The molecule has 9 heteroatoms. The zero-order valence-electron chi connectivity index (χ0n) is 16.4. The van der Waals surface area contributed by atoms with Crippen LogP contribution in [0.5, 0.6) is 0 Å². The fraction of sp³-hybridized carbons (Fsp3) is 0.450. The second kappa shape index (κ2) is 9.78. The quantitative estimate of drug-likeness (QED) is 0.646. The van der Waals surface area contributed by atoms with Crippen molar-refractivity contribution >= 4 is 57.2 Å². The van der Waals surface area contributed by atoms with E-state index in [1.807, 2.05) is 13.8 Å². The number of rotatable bonds is 6.